The van der Waals surface area contributed by atoms with Crippen molar-refractivity contribution >= 4 is 33.5 Å². The first-order valence-corrected chi connectivity index (χ1v) is 7.49. The van der Waals surface area contributed by atoms with E-state index in [-0.39, 0.29) is 11.4 Å². The molecule has 2 rings (SSSR count). The fraction of sp³-hybridized carbons (Fsp3) is 0.200. The van der Waals surface area contributed by atoms with Gasteiger partial charge in [-0.3, -0.25) is 4.79 Å². The van der Waals surface area contributed by atoms with E-state index in [0.717, 1.165) is 12.1 Å². The number of ether oxygens (including phenoxy) is 1. The molecule has 1 heterocycles. The van der Waals surface area contributed by atoms with Gasteiger partial charge in [-0.15, -0.1) is 0 Å². The molecule has 0 saturated heterocycles. The van der Waals surface area contributed by atoms with Crippen LogP contribution < -0.4 is 5.32 Å². The van der Waals surface area contributed by atoms with Gasteiger partial charge in [0.1, 0.15) is 5.69 Å². The van der Waals surface area contributed by atoms with Crippen molar-refractivity contribution in [2.24, 2.45) is 0 Å². The molecule has 1 unspecified atom stereocenters. The molecule has 5 nitrogen and oxygen atoms in total. The monoisotopic (exact) mass is 404 g/mol. The summed E-state index contributed by atoms with van der Waals surface area (Å²) in [5, 5.41) is 2.28. The summed E-state index contributed by atoms with van der Waals surface area (Å²) in [6, 6.07) is 5.64. The van der Waals surface area contributed by atoms with Crippen LogP contribution >= 0.6 is 15.9 Å². The molecule has 0 aliphatic carbocycles. The molecule has 1 atom stereocenters. The molecular formula is C15H12BrF3N2O3. The van der Waals surface area contributed by atoms with Crippen molar-refractivity contribution in [3.8, 4) is 0 Å². The SMILES string of the molecule is CC(OC(=O)c1cc(Br)c[nH]1)C(=O)Nc1cccc(C(F)(F)F)c1. The number of aromatic nitrogens is 1. The number of aromatic amines is 1. The van der Waals surface area contributed by atoms with Crippen LogP contribution in [0.25, 0.3) is 0 Å². The molecule has 0 spiro atoms. The topological polar surface area (TPSA) is 71.2 Å². The van der Waals surface area contributed by atoms with Crippen LogP contribution in [-0.2, 0) is 15.7 Å². The van der Waals surface area contributed by atoms with Crippen LogP contribution in [0.5, 0.6) is 0 Å². The Balaban J connectivity index is 2.00. The highest BCUT2D eigenvalue weighted by atomic mass is 79.9. The second-order valence-electron chi connectivity index (χ2n) is 4.85. The highest BCUT2D eigenvalue weighted by molar-refractivity contribution is 9.10. The number of H-pyrrole nitrogens is 1. The molecule has 0 bridgehead atoms. The number of hydrogen-bond donors (Lipinski definition) is 2. The lowest BCUT2D eigenvalue weighted by atomic mass is 10.2. The van der Waals surface area contributed by atoms with E-state index in [1.54, 1.807) is 0 Å². The van der Waals surface area contributed by atoms with E-state index in [2.05, 4.69) is 26.2 Å². The molecule has 128 valence electrons. The maximum atomic E-state index is 12.6. The fourth-order valence-electron chi connectivity index (χ4n) is 1.78. The maximum Gasteiger partial charge on any atom is 0.416 e. The van der Waals surface area contributed by atoms with Crippen molar-refractivity contribution in [1.82, 2.24) is 4.98 Å². The first-order chi connectivity index (χ1) is 11.2. The summed E-state index contributed by atoms with van der Waals surface area (Å²) in [6.45, 7) is 1.32. The Morgan fingerprint density at radius 2 is 2.00 bits per heavy atom. The Bertz CT molecular complexity index is 758. The first-order valence-electron chi connectivity index (χ1n) is 6.70. The summed E-state index contributed by atoms with van der Waals surface area (Å²) in [5.74, 6) is -1.50. The molecule has 9 heteroatoms. The Kier molecular flexibility index (Phi) is 5.33. The minimum Gasteiger partial charge on any atom is -0.448 e. The van der Waals surface area contributed by atoms with Crippen LogP contribution in [0.1, 0.15) is 23.0 Å². The van der Waals surface area contributed by atoms with Crippen LogP contribution in [-0.4, -0.2) is 23.0 Å². The van der Waals surface area contributed by atoms with Gasteiger partial charge in [-0.05, 0) is 47.1 Å². The number of rotatable bonds is 4. The minimum atomic E-state index is -4.51. The van der Waals surface area contributed by atoms with Gasteiger partial charge in [0.05, 0.1) is 5.56 Å². The Morgan fingerprint density at radius 1 is 1.29 bits per heavy atom. The summed E-state index contributed by atoms with van der Waals surface area (Å²) in [4.78, 5) is 26.4. The Labute approximate surface area is 143 Å². The molecule has 0 saturated carbocycles. The van der Waals surface area contributed by atoms with Gasteiger partial charge in [0, 0.05) is 16.4 Å². The Hall–Kier alpha value is -2.29. The number of alkyl halides is 3. The summed E-state index contributed by atoms with van der Waals surface area (Å²) in [5.41, 5.74) is -0.790. The van der Waals surface area contributed by atoms with Gasteiger partial charge in [0.2, 0.25) is 0 Å². The lowest BCUT2D eigenvalue weighted by molar-refractivity contribution is -0.137. The highest BCUT2D eigenvalue weighted by Crippen LogP contribution is 2.30. The van der Waals surface area contributed by atoms with Crippen LogP contribution in [0.3, 0.4) is 0 Å². The number of hydrogen-bond acceptors (Lipinski definition) is 3. The third kappa shape index (κ3) is 4.60. The largest absolute Gasteiger partial charge is 0.448 e. The van der Waals surface area contributed by atoms with Crippen molar-refractivity contribution in [2.45, 2.75) is 19.2 Å². The molecule has 0 aliphatic heterocycles. The average Bonchev–Trinajstić information content (AvgIpc) is 2.93. The van der Waals surface area contributed by atoms with E-state index >= 15 is 0 Å². The third-order valence-electron chi connectivity index (χ3n) is 2.98. The molecule has 1 aromatic carbocycles. The zero-order valence-corrected chi connectivity index (χ0v) is 13.9. The van der Waals surface area contributed by atoms with Gasteiger partial charge in [-0.2, -0.15) is 13.2 Å². The van der Waals surface area contributed by atoms with Crippen molar-refractivity contribution in [3.05, 3.63) is 52.3 Å². The van der Waals surface area contributed by atoms with Crippen LogP contribution in [0.4, 0.5) is 18.9 Å². The zero-order chi connectivity index (χ0) is 17.9. The lowest BCUT2D eigenvalue weighted by Gasteiger charge is -2.14. The summed E-state index contributed by atoms with van der Waals surface area (Å²) < 4.78 is 43.5. The molecule has 2 N–H and O–H groups in total. The molecular weight excluding hydrogens is 393 g/mol. The van der Waals surface area contributed by atoms with Crippen molar-refractivity contribution in [2.75, 3.05) is 5.32 Å². The fourth-order valence-corrected chi connectivity index (χ4v) is 2.12. The number of halogens is 4. The second-order valence-corrected chi connectivity index (χ2v) is 5.76. The smallest absolute Gasteiger partial charge is 0.416 e. The third-order valence-corrected chi connectivity index (χ3v) is 3.44. The molecule has 0 aliphatic rings. The highest BCUT2D eigenvalue weighted by Gasteiger charge is 2.30. The molecule has 1 aromatic heterocycles. The maximum absolute atomic E-state index is 12.6. The number of anilines is 1. The van der Waals surface area contributed by atoms with E-state index in [1.165, 1.54) is 31.3 Å². The van der Waals surface area contributed by atoms with E-state index in [1.807, 2.05) is 0 Å². The minimum absolute atomic E-state index is 0.0413. The number of esters is 1. The summed E-state index contributed by atoms with van der Waals surface area (Å²) in [6.07, 6.45) is -4.18. The lowest BCUT2D eigenvalue weighted by Crippen LogP contribution is -2.30. The number of carbonyl (C=O) groups is 2. The van der Waals surface area contributed by atoms with Crippen molar-refractivity contribution in [3.63, 3.8) is 0 Å². The van der Waals surface area contributed by atoms with E-state index in [9.17, 15) is 22.8 Å². The van der Waals surface area contributed by atoms with Crippen LogP contribution in [0.2, 0.25) is 0 Å². The van der Waals surface area contributed by atoms with Gasteiger partial charge in [0.25, 0.3) is 5.91 Å². The molecule has 0 radical (unpaired) electrons. The van der Waals surface area contributed by atoms with Gasteiger partial charge in [-0.1, -0.05) is 6.07 Å². The molecule has 1 amide bonds. The molecule has 0 fully saturated rings. The first kappa shape index (κ1) is 18.1. The van der Waals surface area contributed by atoms with Gasteiger partial charge < -0.3 is 15.0 Å². The molecule has 2 aromatic rings. The van der Waals surface area contributed by atoms with Crippen molar-refractivity contribution < 1.29 is 27.5 Å². The Morgan fingerprint density at radius 3 is 2.58 bits per heavy atom. The quantitative estimate of drug-likeness (QED) is 0.757. The molecule has 24 heavy (non-hydrogen) atoms. The van der Waals surface area contributed by atoms with Gasteiger partial charge >= 0.3 is 12.1 Å². The summed E-state index contributed by atoms with van der Waals surface area (Å²) >= 11 is 3.15. The zero-order valence-electron chi connectivity index (χ0n) is 12.3. The van der Waals surface area contributed by atoms with Gasteiger partial charge in [-0.25, -0.2) is 4.79 Å². The van der Waals surface area contributed by atoms with Crippen LogP contribution in [0.15, 0.2) is 41.0 Å². The number of carbonyl (C=O) groups excluding carboxylic acids is 2. The second kappa shape index (κ2) is 7.08. The predicted octanol–water partition coefficient (Wildman–Crippen LogP) is 3.98. The number of benzene rings is 1. The number of nitrogens with one attached hydrogen (secondary N) is 2. The van der Waals surface area contributed by atoms with E-state index in [4.69, 9.17) is 4.74 Å². The predicted molar refractivity (Wildman–Crippen MR) is 83.4 cm³/mol. The normalized spacial score (nSPS) is 12.5. The average molecular weight is 405 g/mol. The standard InChI is InChI=1S/C15H12BrF3N2O3/c1-8(24-14(23)12-6-10(16)7-20-12)13(22)21-11-4-2-3-9(5-11)15(17,18)19/h2-8,20H,1H3,(H,21,22). The number of amides is 1. The van der Waals surface area contributed by atoms with Crippen molar-refractivity contribution in [1.29, 1.82) is 0 Å². The van der Waals surface area contributed by atoms with Crippen LogP contribution in [0, 0.1) is 0 Å². The van der Waals surface area contributed by atoms with Gasteiger partial charge in [0.15, 0.2) is 6.10 Å². The van der Waals surface area contributed by atoms with E-state index in [0.29, 0.717) is 4.47 Å². The summed E-state index contributed by atoms with van der Waals surface area (Å²) in [7, 11) is 0. The van der Waals surface area contributed by atoms with E-state index < -0.39 is 29.7 Å².